The number of rotatable bonds is 7. The summed E-state index contributed by atoms with van der Waals surface area (Å²) < 4.78 is 19.5. The van der Waals surface area contributed by atoms with Crippen LogP contribution in [-0.2, 0) is 6.54 Å². The van der Waals surface area contributed by atoms with Crippen LogP contribution < -0.4 is 21.5 Å². The van der Waals surface area contributed by atoms with Crippen LogP contribution >= 0.6 is 0 Å². The maximum Gasteiger partial charge on any atom is 0.167 e. The highest BCUT2D eigenvalue weighted by atomic mass is 19.1. The molecule has 6 nitrogen and oxygen atoms in total. The van der Waals surface area contributed by atoms with Gasteiger partial charge in [0.1, 0.15) is 11.6 Å². The van der Waals surface area contributed by atoms with Crippen LogP contribution in [0.4, 0.5) is 15.9 Å². The SMILES string of the molecule is CN(C)CCNCc1c(Oc2ccc(N)cc2F)ccnc1N. The van der Waals surface area contributed by atoms with Crippen LogP contribution in [0.1, 0.15) is 5.56 Å². The summed E-state index contributed by atoms with van der Waals surface area (Å²) in [7, 11) is 4.00. The quantitative estimate of drug-likeness (QED) is 0.533. The van der Waals surface area contributed by atoms with E-state index >= 15 is 0 Å². The van der Waals surface area contributed by atoms with Crippen LogP contribution in [0.2, 0.25) is 0 Å². The molecule has 124 valence electrons. The van der Waals surface area contributed by atoms with Crippen molar-refractivity contribution in [3.8, 4) is 11.5 Å². The summed E-state index contributed by atoms with van der Waals surface area (Å²) in [6.45, 7) is 2.17. The summed E-state index contributed by atoms with van der Waals surface area (Å²) in [5, 5.41) is 3.27. The second-order valence-corrected chi connectivity index (χ2v) is 5.44. The molecular weight excluding hydrogens is 297 g/mol. The van der Waals surface area contributed by atoms with Gasteiger partial charge in [0.15, 0.2) is 11.6 Å². The number of pyridine rings is 1. The highest BCUT2D eigenvalue weighted by molar-refractivity contribution is 5.51. The van der Waals surface area contributed by atoms with Gasteiger partial charge in [-0.2, -0.15) is 0 Å². The fourth-order valence-corrected chi connectivity index (χ4v) is 2.00. The van der Waals surface area contributed by atoms with E-state index in [4.69, 9.17) is 16.2 Å². The highest BCUT2D eigenvalue weighted by Crippen LogP contribution is 2.30. The number of hydrogen-bond donors (Lipinski definition) is 3. The average Bonchev–Trinajstić information content (AvgIpc) is 2.48. The van der Waals surface area contributed by atoms with Gasteiger partial charge in [-0.25, -0.2) is 9.37 Å². The molecule has 0 aliphatic heterocycles. The number of nitrogens with one attached hydrogen (secondary N) is 1. The molecule has 0 amide bonds. The zero-order valence-electron chi connectivity index (χ0n) is 13.3. The largest absolute Gasteiger partial charge is 0.454 e. The van der Waals surface area contributed by atoms with E-state index in [0.717, 1.165) is 13.1 Å². The Labute approximate surface area is 135 Å². The fraction of sp³-hybridized carbons (Fsp3) is 0.312. The number of nitrogens with zero attached hydrogens (tertiary/aromatic N) is 2. The van der Waals surface area contributed by atoms with Gasteiger partial charge < -0.3 is 26.4 Å². The van der Waals surface area contributed by atoms with Crippen LogP contribution in [0, 0.1) is 5.82 Å². The monoisotopic (exact) mass is 319 g/mol. The Morgan fingerprint density at radius 3 is 2.70 bits per heavy atom. The second-order valence-electron chi connectivity index (χ2n) is 5.44. The van der Waals surface area contributed by atoms with Gasteiger partial charge in [-0.05, 0) is 32.3 Å². The van der Waals surface area contributed by atoms with E-state index in [1.165, 1.54) is 18.3 Å². The topological polar surface area (TPSA) is 89.4 Å². The molecule has 0 aliphatic carbocycles. The zero-order chi connectivity index (χ0) is 16.8. The molecule has 0 spiro atoms. The molecule has 0 atom stereocenters. The molecule has 23 heavy (non-hydrogen) atoms. The van der Waals surface area contributed by atoms with E-state index < -0.39 is 5.82 Å². The lowest BCUT2D eigenvalue weighted by Gasteiger charge is -2.15. The number of halogens is 1. The molecule has 1 aromatic heterocycles. The van der Waals surface area contributed by atoms with Crippen LogP contribution in [-0.4, -0.2) is 37.1 Å². The van der Waals surface area contributed by atoms with Crippen molar-refractivity contribution in [2.75, 3.05) is 38.7 Å². The van der Waals surface area contributed by atoms with Crippen molar-refractivity contribution in [1.82, 2.24) is 15.2 Å². The summed E-state index contributed by atoms with van der Waals surface area (Å²) >= 11 is 0. The maximum atomic E-state index is 13.9. The molecule has 5 N–H and O–H groups in total. The van der Waals surface area contributed by atoms with Gasteiger partial charge in [0.25, 0.3) is 0 Å². The second kappa shape index (κ2) is 7.75. The van der Waals surface area contributed by atoms with Gasteiger partial charge in [0, 0.05) is 37.6 Å². The molecule has 1 heterocycles. The average molecular weight is 319 g/mol. The van der Waals surface area contributed by atoms with Gasteiger partial charge in [-0.15, -0.1) is 0 Å². The van der Waals surface area contributed by atoms with Gasteiger partial charge >= 0.3 is 0 Å². The van der Waals surface area contributed by atoms with Crippen molar-refractivity contribution < 1.29 is 9.13 Å². The summed E-state index contributed by atoms with van der Waals surface area (Å²) in [6, 6.07) is 5.95. The normalized spacial score (nSPS) is 11.0. The van der Waals surface area contributed by atoms with Crippen molar-refractivity contribution in [2.45, 2.75) is 6.54 Å². The first kappa shape index (κ1) is 17.0. The Balaban J connectivity index is 2.13. The van der Waals surface area contributed by atoms with Crippen molar-refractivity contribution in [3.05, 3.63) is 41.8 Å². The lowest BCUT2D eigenvalue weighted by atomic mass is 10.2. The first-order chi connectivity index (χ1) is 11.0. The standard InChI is InChI=1S/C16H22FN5O/c1-22(2)8-7-20-10-12-14(5-6-21-16(12)19)23-15-4-3-11(18)9-13(15)17/h3-6,9,20H,7-8,10,18H2,1-2H3,(H2,19,21). The molecule has 0 radical (unpaired) electrons. The van der Waals surface area contributed by atoms with E-state index in [-0.39, 0.29) is 5.75 Å². The lowest BCUT2D eigenvalue weighted by molar-refractivity contribution is 0.397. The molecule has 0 aliphatic rings. The van der Waals surface area contributed by atoms with Gasteiger partial charge in [0.05, 0.1) is 5.56 Å². The zero-order valence-corrected chi connectivity index (χ0v) is 13.3. The van der Waals surface area contributed by atoms with Gasteiger partial charge in [-0.3, -0.25) is 0 Å². The number of aromatic nitrogens is 1. The van der Waals surface area contributed by atoms with Gasteiger partial charge in [0.2, 0.25) is 0 Å². The summed E-state index contributed by atoms with van der Waals surface area (Å²) in [5.74, 6) is 0.403. The van der Waals surface area contributed by atoms with Crippen LogP contribution in [0.3, 0.4) is 0 Å². The van der Waals surface area contributed by atoms with E-state index in [9.17, 15) is 4.39 Å². The highest BCUT2D eigenvalue weighted by Gasteiger charge is 2.12. The first-order valence-electron chi connectivity index (χ1n) is 7.29. The Morgan fingerprint density at radius 2 is 2.00 bits per heavy atom. The van der Waals surface area contributed by atoms with Crippen molar-refractivity contribution >= 4 is 11.5 Å². The third-order valence-corrected chi connectivity index (χ3v) is 3.26. The van der Waals surface area contributed by atoms with Crippen LogP contribution in [0.15, 0.2) is 30.5 Å². The number of nitrogens with two attached hydrogens (primary N) is 2. The maximum absolute atomic E-state index is 13.9. The lowest BCUT2D eigenvalue weighted by Crippen LogP contribution is -2.26. The third-order valence-electron chi connectivity index (χ3n) is 3.26. The Bertz CT molecular complexity index is 663. The van der Waals surface area contributed by atoms with Crippen LogP contribution in [0.5, 0.6) is 11.5 Å². The molecule has 2 aromatic rings. The predicted octanol–water partition coefficient (Wildman–Crippen LogP) is 1.83. The van der Waals surface area contributed by atoms with Crippen LogP contribution in [0.25, 0.3) is 0 Å². The number of benzene rings is 1. The number of nitrogen functional groups attached to an aromatic ring is 2. The Hall–Kier alpha value is -2.38. The minimum atomic E-state index is -0.521. The minimum absolute atomic E-state index is 0.0966. The Kier molecular flexibility index (Phi) is 5.72. The molecule has 0 unspecified atom stereocenters. The summed E-state index contributed by atoms with van der Waals surface area (Å²) in [6.07, 6.45) is 1.53. The van der Waals surface area contributed by atoms with E-state index in [0.29, 0.717) is 29.4 Å². The van der Waals surface area contributed by atoms with Crippen molar-refractivity contribution in [3.63, 3.8) is 0 Å². The number of ether oxygens (including phenoxy) is 1. The number of hydrogen-bond acceptors (Lipinski definition) is 6. The van der Waals surface area contributed by atoms with Crippen molar-refractivity contribution in [1.29, 1.82) is 0 Å². The predicted molar refractivity (Wildman–Crippen MR) is 89.8 cm³/mol. The Morgan fingerprint density at radius 1 is 1.22 bits per heavy atom. The summed E-state index contributed by atoms with van der Waals surface area (Å²) in [4.78, 5) is 6.14. The van der Waals surface area contributed by atoms with E-state index in [1.54, 1.807) is 12.1 Å². The number of likely N-dealkylation sites (N-methyl/N-ethyl adjacent to an activating group) is 1. The van der Waals surface area contributed by atoms with E-state index in [1.807, 2.05) is 14.1 Å². The molecule has 0 bridgehead atoms. The number of anilines is 2. The molecular formula is C16H22FN5O. The smallest absolute Gasteiger partial charge is 0.167 e. The molecule has 0 saturated heterocycles. The third kappa shape index (κ3) is 4.80. The fourth-order valence-electron chi connectivity index (χ4n) is 2.00. The first-order valence-corrected chi connectivity index (χ1v) is 7.29. The van der Waals surface area contributed by atoms with Crippen molar-refractivity contribution in [2.24, 2.45) is 0 Å². The van der Waals surface area contributed by atoms with E-state index in [2.05, 4.69) is 15.2 Å². The molecule has 0 saturated carbocycles. The minimum Gasteiger partial charge on any atom is -0.454 e. The molecule has 0 fully saturated rings. The molecule has 7 heteroatoms. The summed E-state index contributed by atoms with van der Waals surface area (Å²) in [5.41, 5.74) is 12.5. The molecule has 1 aromatic carbocycles. The van der Waals surface area contributed by atoms with Gasteiger partial charge in [-0.1, -0.05) is 0 Å². The molecule has 2 rings (SSSR count).